The fourth-order valence-corrected chi connectivity index (χ4v) is 1.91. The molecule has 5 heteroatoms. The van der Waals surface area contributed by atoms with E-state index < -0.39 is 0 Å². The Labute approximate surface area is 107 Å². The third-order valence-electron chi connectivity index (χ3n) is 3.07. The second-order valence-corrected chi connectivity index (χ2v) is 4.45. The van der Waals surface area contributed by atoms with Gasteiger partial charge in [-0.3, -0.25) is 0 Å². The predicted octanol–water partition coefficient (Wildman–Crippen LogP) is 2.90. The topological polar surface area (TPSA) is 55.9 Å². The maximum atomic E-state index is 5.14. The summed E-state index contributed by atoms with van der Waals surface area (Å²) in [7, 11) is 0. The average molecular weight is 248 g/mol. The third-order valence-corrected chi connectivity index (χ3v) is 3.07. The fraction of sp³-hybridized carbons (Fsp3) is 0.538. The summed E-state index contributed by atoms with van der Waals surface area (Å²) in [4.78, 5) is 4.33. The average Bonchev–Trinajstić information content (AvgIpc) is 2.93. The molecule has 0 bridgehead atoms. The van der Waals surface area contributed by atoms with Gasteiger partial charge in [0, 0.05) is 31.0 Å². The molecular weight excluding hydrogens is 228 g/mol. The number of hydrogen-bond donors (Lipinski definition) is 1. The van der Waals surface area contributed by atoms with E-state index >= 15 is 0 Å². The monoisotopic (exact) mass is 248 g/mol. The van der Waals surface area contributed by atoms with E-state index in [1.807, 2.05) is 26.2 Å². The fourth-order valence-electron chi connectivity index (χ4n) is 1.91. The first-order valence-corrected chi connectivity index (χ1v) is 6.39. The number of nitrogens with zero attached hydrogens (tertiary/aromatic N) is 3. The van der Waals surface area contributed by atoms with Gasteiger partial charge < -0.3 is 14.4 Å². The zero-order chi connectivity index (χ0) is 13.0. The second-order valence-electron chi connectivity index (χ2n) is 4.45. The summed E-state index contributed by atoms with van der Waals surface area (Å²) >= 11 is 0. The molecule has 0 fully saturated rings. The maximum Gasteiger partial charge on any atom is 0.203 e. The Morgan fingerprint density at radius 1 is 1.39 bits per heavy atom. The minimum atomic E-state index is 0.699. The molecule has 2 aromatic heterocycles. The Morgan fingerprint density at radius 2 is 2.22 bits per heavy atom. The molecule has 0 amide bonds. The highest BCUT2D eigenvalue weighted by Gasteiger charge is 2.09. The highest BCUT2D eigenvalue weighted by atomic mass is 16.5. The lowest BCUT2D eigenvalue weighted by molar-refractivity contribution is 0.392. The van der Waals surface area contributed by atoms with Crippen LogP contribution in [-0.2, 0) is 13.1 Å². The van der Waals surface area contributed by atoms with Crippen molar-refractivity contribution in [2.45, 2.75) is 46.7 Å². The standard InChI is InChI=1S/C13H20N4O/c1-4-5-7-17-8-6-14-13(17)15-9-12-10(2)16-18-11(12)3/h6,8H,4-5,7,9H2,1-3H3,(H,14,15). The maximum absolute atomic E-state index is 5.14. The van der Waals surface area contributed by atoms with Crippen LogP contribution in [0.4, 0.5) is 5.95 Å². The van der Waals surface area contributed by atoms with Crippen LogP contribution in [0.3, 0.4) is 0 Å². The molecule has 0 unspecified atom stereocenters. The highest BCUT2D eigenvalue weighted by Crippen LogP contribution is 2.14. The molecule has 1 N–H and O–H groups in total. The van der Waals surface area contributed by atoms with Crippen molar-refractivity contribution in [1.82, 2.24) is 14.7 Å². The SMILES string of the molecule is CCCCn1ccnc1NCc1c(C)noc1C. The zero-order valence-corrected chi connectivity index (χ0v) is 11.2. The molecule has 0 aliphatic rings. The molecule has 2 rings (SSSR count). The lowest BCUT2D eigenvalue weighted by Gasteiger charge is -2.09. The normalized spacial score (nSPS) is 10.8. The Balaban J connectivity index is 2.00. The summed E-state index contributed by atoms with van der Waals surface area (Å²) in [5.41, 5.74) is 2.05. The molecule has 0 saturated heterocycles. The van der Waals surface area contributed by atoms with Crippen molar-refractivity contribution in [2.75, 3.05) is 5.32 Å². The van der Waals surface area contributed by atoms with Gasteiger partial charge in [0.1, 0.15) is 5.76 Å². The summed E-state index contributed by atoms with van der Waals surface area (Å²) in [6.07, 6.45) is 6.18. The summed E-state index contributed by atoms with van der Waals surface area (Å²) in [5.74, 6) is 1.77. The number of aryl methyl sites for hydroxylation is 3. The van der Waals surface area contributed by atoms with E-state index in [4.69, 9.17) is 4.52 Å². The number of hydrogen-bond acceptors (Lipinski definition) is 4. The van der Waals surface area contributed by atoms with Crippen LogP contribution in [0.2, 0.25) is 0 Å². The van der Waals surface area contributed by atoms with Crippen molar-refractivity contribution in [3.63, 3.8) is 0 Å². The first kappa shape index (κ1) is 12.7. The van der Waals surface area contributed by atoms with Gasteiger partial charge in [-0.15, -0.1) is 0 Å². The molecule has 2 heterocycles. The van der Waals surface area contributed by atoms with Crippen molar-refractivity contribution >= 4 is 5.95 Å². The molecule has 0 atom stereocenters. The molecule has 0 radical (unpaired) electrons. The molecule has 0 saturated carbocycles. The first-order chi connectivity index (χ1) is 8.72. The van der Waals surface area contributed by atoms with Gasteiger partial charge in [-0.05, 0) is 20.3 Å². The quantitative estimate of drug-likeness (QED) is 0.854. The van der Waals surface area contributed by atoms with Gasteiger partial charge in [0.05, 0.1) is 5.69 Å². The van der Waals surface area contributed by atoms with E-state index in [0.717, 1.165) is 35.9 Å². The van der Waals surface area contributed by atoms with Crippen molar-refractivity contribution in [3.05, 3.63) is 29.4 Å². The van der Waals surface area contributed by atoms with Crippen LogP contribution in [0.1, 0.15) is 36.8 Å². The van der Waals surface area contributed by atoms with Crippen LogP contribution < -0.4 is 5.32 Å². The van der Waals surface area contributed by atoms with Gasteiger partial charge in [0.2, 0.25) is 5.95 Å². The molecule has 0 aromatic carbocycles. The summed E-state index contributed by atoms with van der Waals surface area (Å²) in [6.45, 7) is 7.77. The molecule has 0 spiro atoms. The number of rotatable bonds is 6. The highest BCUT2D eigenvalue weighted by molar-refractivity contribution is 5.31. The lowest BCUT2D eigenvalue weighted by atomic mass is 10.2. The van der Waals surface area contributed by atoms with Crippen molar-refractivity contribution in [2.24, 2.45) is 0 Å². The minimum Gasteiger partial charge on any atom is -0.361 e. The molecule has 0 aliphatic carbocycles. The van der Waals surface area contributed by atoms with Crippen LogP contribution in [-0.4, -0.2) is 14.7 Å². The lowest BCUT2D eigenvalue weighted by Crippen LogP contribution is -2.08. The van der Waals surface area contributed by atoms with Crippen LogP contribution >= 0.6 is 0 Å². The van der Waals surface area contributed by atoms with E-state index in [9.17, 15) is 0 Å². The first-order valence-electron chi connectivity index (χ1n) is 6.39. The van der Waals surface area contributed by atoms with Gasteiger partial charge >= 0.3 is 0 Å². The van der Waals surface area contributed by atoms with Crippen molar-refractivity contribution in [3.8, 4) is 0 Å². The number of imidazole rings is 1. The largest absolute Gasteiger partial charge is 0.361 e. The van der Waals surface area contributed by atoms with Gasteiger partial charge in [-0.2, -0.15) is 0 Å². The summed E-state index contributed by atoms with van der Waals surface area (Å²) in [6, 6.07) is 0. The van der Waals surface area contributed by atoms with Crippen LogP contribution in [0.5, 0.6) is 0 Å². The van der Waals surface area contributed by atoms with E-state index in [-0.39, 0.29) is 0 Å². The third kappa shape index (κ3) is 2.72. The molecule has 98 valence electrons. The Bertz CT molecular complexity index is 481. The Morgan fingerprint density at radius 3 is 2.89 bits per heavy atom. The van der Waals surface area contributed by atoms with Crippen LogP contribution in [0, 0.1) is 13.8 Å². The Kier molecular flexibility index (Phi) is 4.02. The molecule has 18 heavy (non-hydrogen) atoms. The van der Waals surface area contributed by atoms with E-state index in [0.29, 0.717) is 6.54 Å². The molecule has 2 aromatic rings. The van der Waals surface area contributed by atoms with Gasteiger partial charge in [0.15, 0.2) is 0 Å². The number of unbranched alkanes of at least 4 members (excludes halogenated alkanes) is 1. The predicted molar refractivity (Wildman–Crippen MR) is 70.4 cm³/mol. The number of nitrogens with one attached hydrogen (secondary N) is 1. The number of anilines is 1. The minimum absolute atomic E-state index is 0.699. The zero-order valence-electron chi connectivity index (χ0n) is 11.2. The summed E-state index contributed by atoms with van der Waals surface area (Å²) in [5, 5.41) is 7.28. The van der Waals surface area contributed by atoms with Gasteiger partial charge in [0.25, 0.3) is 0 Å². The van der Waals surface area contributed by atoms with Crippen molar-refractivity contribution in [1.29, 1.82) is 0 Å². The van der Waals surface area contributed by atoms with E-state index in [2.05, 4.69) is 26.9 Å². The smallest absolute Gasteiger partial charge is 0.203 e. The second kappa shape index (κ2) is 5.71. The summed E-state index contributed by atoms with van der Waals surface area (Å²) < 4.78 is 7.28. The van der Waals surface area contributed by atoms with E-state index in [1.165, 1.54) is 6.42 Å². The molecule has 0 aliphatic heterocycles. The molecular formula is C13H20N4O. The van der Waals surface area contributed by atoms with Gasteiger partial charge in [-0.25, -0.2) is 4.98 Å². The van der Waals surface area contributed by atoms with Gasteiger partial charge in [-0.1, -0.05) is 18.5 Å². The molecule has 5 nitrogen and oxygen atoms in total. The van der Waals surface area contributed by atoms with E-state index in [1.54, 1.807) is 0 Å². The van der Waals surface area contributed by atoms with Crippen LogP contribution in [0.25, 0.3) is 0 Å². The Hall–Kier alpha value is -1.78. The number of aromatic nitrogens is 3. The van der Waals surface area contributed by atoms with Crippen molar-refractivity contribution < 1.29 is 4.52 Å². The van der Waals surface area contributed by atoms with Crippen LogP contribution in [0.15, 0.2) is 16.9 Å².